The van der Waals surface area contributed by atoms with Crippen LogP contribution in [0.4, 0.5) is 0 Å². The maximum Gasteiger partial charge on any atom is 0.154 e. The number of methoxy groups -OCH3 is 1. The number of hydrogen-bond acceptors (Lipinski definition) is 5. The van der Waals surface area contributed by atoms with Gasteiger partial charge < -0.3 is 9.57 Å². The first kappa shape index (κ1) is 16.1. The summed E-state index contributed by atoms with van der Waals surface area (Å²) < 4.78 is 5.39. The molecule has 5 nitrogen and oxygen atoms in total. The minimum absolute atomic E-state index is 0.0374. The van der Waals surface area contributed by atoms with Crippen molar-refractivity contribution in [3.05, 3.63) is 29.3 Å². The minimum atomic E-state index is -0.638. The van der Waals surface area contributed by atoms with Gasteiger partial charge in [-0.2, -0.15) is 5.90 Å². The molecule has 2 aliphatic rings. The van der Waals surface area contributed by atoms with Gasteiger partial charge in [0.15, 0.2) is 5.78 Å². The number of nitrogens with two attached hydrogens (primary N) is 1. The molecule has 0 bridgehead atoms. The fourth-order valence-corrected chi connectivity index (χ4v) is 4.14. The molecule has 1 aromatic carbocycles. The van der Waals surface area contributed by atoms with E-state index in [4.69, 9.17) is 15.5 Å². The molecule has 124 valence electrons. The predicted molar refractivity (Wildman–Crippen MR) is 85.1 cm³/mol. The molecule has 0 aromatic heterocycles. The molecule has 0 amide bonds. The molecule has 2 aliphatic carbocycles. The lowest BCUT2D eigenvalue weighted by Crippen LogP contribution is -2.35. The number of Topliss-reactive ketones (excluding diaryl/α,β-unsaturated/α-hetero) is 2. The topological polar surface area (TPSA) is 78.6 Å². The summed E-state index contributed by atoms with van der Waals surface area (Å²) in [4.78, 5) is 30.4. The average Bonchev–Trinajstić information content (AvgIpc) is 2.79. The Morgan fingerprint density at radius 2 is 1.91 bits per heavy atom. The molecule has 1 atom stereocenters. The number of ketones is 2. The Kier molecular flexibility index (Phi) is 4.25. The van der Waals surface area contributed by atoms with Gasteiger partial charge in [-0.05, 0) is 55.9 Å². The fraction of sp³-hybridized carbons (Fsp3) is 0.556. The molecule has 0 radical (unpaired) electrons. The molecule has 0 aliphatic heterocycles. The van der Waals surface area contributed by atoms with Crippen LogP contribution in [0.3, 0.4) is 0 Å². The lowest BCUT2D eigenvalue weighted by Gasteiger charge is -2.35. The molecule has 2 saturated carbocycles. The van der Waals surface area contributed by atoms with Crippen LogP contribution >= 0.6 is 0 Å². The van der Waals surface area contributed by atoms with E-state index < -0.39 is 11.3 Å². The highest BCUT2D eigenvalue weighted by atomic mass is 16.6. The fourth-order valence-electron chi connectivity index (χ4n) is 4.14. The van der Waals surface area contributed by atoms with Crippen molar-refractivity contribution in [2.45, 2.75) is 51.0 Å². The summed E-state index contributed by atoms with van der Waals surface area (Å²) in [6.07, 6.45) is 3.76. The van der Waals surface area contributed by atoms with E-state index in [9.17, 15) is 9.59 Å². The summed E-state index contributed by atoms with van der Waals surface area (Å²) >= 11 is 0. The molecule has 1 unspecified atom stereocenters. The predicted octanol–water partition coefficient (Wildman–Crippen LogP) is 2.45. The summed E-state index contributed by atoms with van der Waals surface area (Å²) in [5.41, 5.74) is 1.17. The van der Waals surface area contributed by atoms with Crippen LogP contribution in [-0.4, -0.2) is 24.8 Å². The first-order valence-electron chi connectivity index (χ1n) is 8.08. The van der Waals surface area contributed by atoms with Gasteiger partial charge in [0.1, 0.15) is 17.5 Å². The summed E-state index contributed by atoms with van der Waals surface area (Å²) in [7, 11) is 1.71. The van der Waals surface area contributed by atoms with Crippen molar-refractivity contribution in [2.75, 3.05) is 7.11 Å². The normalized spacial score (nSPS) is 30.9. The number of ether oxygens (including phenoxy) is 1. The van der Waals surface area contributed by atoms with Crippen LogP contribution in [0.1, 0.15) is 49.1 Å². The lowest BCUT2D eigenvalue weighted by atomic mass is 9.70. The Morgan fingerprint density at radius 3 is 2.48 bits per heavy atom. The Labute approximate surface area is 136 Å². The number of rotatable bonds is 3. The highest BCUT2D eigenvalue weighted by Crippen LogP contribution is 2.50. The SMILES string of the molecule is COC1CCC2(CC1)CC(=O)C(c1ccc(ON)cc1C)C2=O. The zero-order valence-electron chi connectivity index (χ0n) is 13.6. The Morgan fingerprint density at radius 1 is 1.22 bits per heavy atom. The van der Waals surface area contributed by atoms with Gasteiger partial charge in [-0.25, -0.2) is 0 Å². The van der Waals surface area contributed by atoms with E-state index in [1.807, 2.05) is 6.92 Å². The van der Waals surface area contributed by atoms with Crippen LogP contribution in [0.5, 0.6) is 5.75 Å². The van der Waals surface area contributed by atoms with Gasteiger partial charge in [0, 0.05) is 18.9 Å². The number of hydrogen-bond donors (Lipinski definition) is 1. The third-order valence-electron chi connectivity index (χ3n) is 5.53. The molecule has 1 aromatic rings. The standard InChI is InChI=1S/C18H23NO4/c1-11-9-13(23-19)3-4-14(11)16-15(20)10-18(17(16)21)7-5-12(22-2)6-8-18/h3-4,9,12,16H,5-8,10,19H2,1-2H3. The quantitative estimate of drug-likeness (QED) is 0.684. The van der Waals surface area contributed by atoms with Gasteiger partial charge in [0.05, 0.1) is 6.10 Å². The third-order valence-corrected chi connectivity index (χ3v) is 5.53. The van der Waals surface area contributed by atoms with Crippen LogP contribution in [0.25, 0.3) is 0 Å². The molecule has 23 heavy (non-hydrogen) atoms. The third kappa shape index (κ3) is 2.68. The van der Waals surface area contributed by atoms with Gasteiger partial charge in [-0.3, -0.25) is 9.59 Å². The highest BCUT2D eigenvalue weighted by Gasteiger charge is 2.54. The number of carbonyl (C=O) groups excluding carboxylic acids is 2. The smallest absolute Gasteiger partial charge is 0.154 e. The maximum absolute atomic E-state index is 13.1. The van der Waals surface area contributed by atoms with Gasteiger partial charge in [-0.1, -0.05) is 6.07 Å². The van der Waals surface area contributed by atoms with Crippen LogP contribution in [0.15, 0.2) is 18.2 Å². The molecular weight excluding hydrogens is 294 g/mol. The lowest BCUT2D eigenvalue weighted by molar-refractivity contribution is -0.130. The van der Waals surface area contributed by atoms with Crippen molar-refractivity contribution < 1.29 is 19.2 Å². The maximum atomic E-state index is 13.1. The van der Waals surface area contributed by atoms with Gasteiger partial charge >= 0.3 is 0 Å². The molecular formula is C18H23NO4. The van der Waals surface area contributed by atoms with E-state index in [2.05, 4.69) is 0 Å². The zero-order valence-corrected chi connectivity index (χ0v) is 13.6. The zero-order chi connectivity index (χ0) is 16.6. The van der Waals surface area contributed by atoms with E-state index in [0.717, 1.165) is 36.8 Å². The van der Waals surface area contributed by atoms with Crippen LogP contribution in [-0.2, 0) is 14.3 Å². The Bertz CT molecular complexity index is 632. The summed E-state index contributed by atoms with van der Waals surface area (Å²) in [6, 6.07) is 5.26. The van der Waals surface area contributed by atoms with Crippen molar-refractivity contribution >= 4 is 11.6 Å². The second-order valence-corrected chi connectivity index (χ2v) is 6.79. The summed E-state index contributed by atoms with van der Waals surface area (Å²) in [6.45, 7) is 1.88. The molecule has 1 spiro atoms. The van der Waals surface area contributed by atoms with Crippen molar-refractivity contribution in [1.82, 2.24) is 0 Å². The summed E-state index contributed by atoms with van der Waals surface area (Å²) in [5, 5.41) is 0. The van der Waals surface area contributed by atoms with E-state index >= 15 is 0 Å². The van der Waals surface area contributed by atoms with Crippen molar-refractivity contribution in [2.24, 2.45) is 11.3 Å². The molecule has 0 heterocycles. The van der Waals surface area contributed by atoms with Crippen molar-refractivity contribution in [1.29, 1.82) is 0 Å². The minimum Gasteiger partial charge on any atom is -0.412 e. The number of benzene rings is 1. The molecule has 0 saturated heterocycles. The number of aryl methyl sites for hydroxylation is 1. The first-order chi connectivity index (χ1) is 11.0. The van der Waals surface area contributed by atoms with Crippen LogP contribution in [0.2, 0.25) is 0 Å². The molecule has 2 fully saturated rings. The van der Waals surface area contributed by atoms with Crippen LogP contribution in [0, 0.1) is 12.3 Å². The Balaban J connectivity index is 1.88. The van der Waals surface area contributed by atoms with Crippen LogP contribution < -0.4 is 10.7 Å². The van der Waals surface area contributed by atoms with E-state index in [-0.39, 0.29) is 17.7 Å². The second-order valence-electron chi connectivity index (χ2n) is 6.79. The Hall–Kier alpha value is -1.72. The van der Waals surface area contributed by atoms with E-state index in [1.54, 1.807) is 25.3 Å². The summed E-state index contributed by atoms with van der Waals surface area (Å²) in [5.74, 6) is 5.18. The largest absolute Gasteiger partial charge is 0.412 e. The van der Waals surface area contributed by atoms with Gasteiger partial charge in [0.2, 0.25) is 0 Å². The van der Waals surface area contributed by atoms with Gasteiger partial charge in [-0.15, -0.1) is 0 Å². The average molecular weight is 317 g/mol. The number of carbonyl (C=O) groups is 2. The second kappa shape index (κ2) is 6.06. The molecule has 3 rings (SSSR count). The highest BCUT2D eigenvalue weighted by molar-refractivity contribution is 6.16. The molecule has 5 heteroatoms. The molecule has 2 N–H and O–H groups in total. The van der Waals surface area contributed by atoms with Crippen molar-refractivity contribution in [3.8, 4) is 5.75 Å². The van der Waals surface area contributed by atoms with E-state index in [0.29, 0.717) is 12.2 Å². The van der Waals surface area contributed by atoms with Gasteiger partial charge in [0.25, 0.3) is 0 Å². The van der Waals surface area contributed by atoms with Crippen molar-refractivity contribution in [3.63, 3.8) is 0 Å². The monoisotopic (exact) mass is 317 g/mol. The first-order valence-corrected chi connectivity index (χ1v) is 8.08. The van der Waals surface area contributed by atoms with E-state index in [1.165, 1.54) is 0 Å².